The van der Waals surface area contributed by atoms with Crippen LogP contribution in [-0.4, -0.2) is 6.54 Å². The van der Waals surface area contributed by atoms with E-state index in [1.165, 1.54) is 16.7 Å². The minimum Gasteiger partial charge on any atom is -0.307 e. The molecule has 1 unspecified atom stereocenters. The molecule has 1 N–H and O–H groups in total. The van der Waals surface area contributed by atoms with E-state index < -0.39 is 0 Å². The van der Waals surface area contributed by atoms with Gasteiger partial charge in [-0.1, -0.05) is 66.2 Å². The largest absolute Gasteiger partial charge is 0.307 e. The molecule has 2 aromatic rings. The van der Waals surface area contributed by atoms with Gasteiger partial charge in [0.15, 0.2) is 0 Å². The summed E-state index contributed by atoms with van der Waals surface area (Å²) >= 11 is 3.49. The molecule has 1 atom stereocenters. The number of benzene rings is 2. The molecule has 0 fully saturated rings. The zero-order chi connectivity index (χ0) is 13.7. The van der Waals surface area contributed by atoms with Gasteiger partial charge in [-0.3, -0.25) is 0 Å². The molecule has 0 heterocycles. The summed E-state index contributed by atoms with van der Waals surface area (Å²) in [4.78, 5) is 0. The van der Waals surface area contributed by atoms with Crippen LogP contribution in [-0.2, 0) is 6.42 Å². The van der Waals surface area contributed by atoms with Crippen molar-refractivity contribution in [1.82, 2.24) is 5.32 Å². The fourth-order valence-corrected chi connectivity index (χ4v) is 2.50. The summed E-state index contributed by atoms with van der Waals surface area (Å²) < 4.78 is 1.12. The first kappa shape index (κ1) is 14.3. The molecule has 19 heavy (non-hydrogen) atoms. The van der Waals surface area contributed by atoms with Crippen LogP contribution in [0.4, 0.5) is 0 Å². The molecule has 0 aromatic heterocycles. The average molecular weight is 318 g/mol. The Balaban J connectivity index is 2.30. The smallest absolute Gasteiger partial charge is 0.0576 e. The van der Waals surface area contributed by atoms with Gasteiger partial charge < -0.3 is 5.32 Å². The molecule has 2 aromatic carbocycles. The third kappa shape index (κ3) is 3.68. The van der Waals surface area contributed by atoms with Gasteiger partial charge in [0, 0.05) is 4.47 Å². The molecule has 0 saturated heterocycles. The van der Waals surface area contributed by atoms with E-state index in [4.69, 9.17) is 0 Å². The summed E-state index contributed by atoms with van der Waals surface area (Å²) in [6.07, 6.45) is 1.09. The quantitative estimate of drug-likeness (QED) is 0.842. The van der Waals surface area contributed by atoms with E-state index >= 15 is 0 Å². The summed E-state index contributed by atoms with van der Waals surface area (Å²) in [6.45, 7) is 5.29. The molecule has 0 saturated carbocycles. The average Bonchev–Trinajstić information content (AvgIpc) is 2.46. The summed E-state index contributed by atoms with van der Waals surface area (Å²) in [5.41, 5.74) is 4.01. The van der Waals surface area contributed by atoms with Crippen LogP contribution in [0.25, 0.3) is 0 Å². The number of halogens is 1. The third-order valence-corrected chi connectivity index (χ3v) is 3.86. The van der Waals surface area contributed by atoms with Gasteiger partial charge in [-0.15, -0.1) is 0 Å². The first-order chi connectivity index (χ1) is 9.24. The van der Waals surface area contributed by atoms with Crippen molar-refractivity contribution < 1.29 is 0 Å². The van der Waals surface area contributed by atoms with Crippen molar-refractivity contribution in [2.24, 2.45) is 0 Å². The van der Waals surface area contributed by atoms with Crippen LogP contribution in [0.15, 0.2) is 53.0 Å². The zero-order valence-corrected chi connectivity index (χ0v) is 13.1. The first-order valence-electron chi connectivity index (χ1n) is 6.82. The zero-order valence-electron chi connectivity index (χ0n) is 11.5. The molecule has 0 aliphatic heterocycles. The fourth-order valence-electron chi connectivity index (χ4n) is 2.23. The Morgan fingerprint density at radius 2 is 1.42 bits per heavy atom. The van der Waals surface area contributed by atoms with Crippen molar-refractivity contribution in [3.05, 3.63) is 69.7 Å². The van der Waals surface area contributed by atoms with Gasteiger partial charge in [0.1, 0.15) is 0 Å². The van der Waals surface area contributed by atoms with Gasteiger partial charge in [0.05, 0.1) is 6.04 Å². The lowest BCUT2D eigenvalue weighted by atomic mass is 9.97. The Morgan fingerprint density at radius 1 is 0.895 bits per heavy atom. The van der Waals surface area contributed by atoms with E-state index in [9.17, 15) is 0 Å². The van der Waals surface area contributed by atoms with Gasteiger partial charge in [0.2, 0.25) is 0 Å². The summed E-state index contributed by atoms with van der Waals surface area (Å²) in [5, 5.41) is 3.56. The van der Waals surface area contributed by atoms with Gasteiger partial charge in [-0.05, 0) is 41.8 Å². The first-order valence-corrected chi connectivity index (χ1v) is 7.61. The lowest BCUT2D eigenvalue weighted by Crippen LogP contribution is -2.21. The Labute approximate surface area is 124 Å². The van der Waals surface area contributed by atoms with Crippen molar-refractivity contribution >= 4 is 15.9 Å². The highest BCUT2D eigenvalue weighted by molar-refractivity contribution is 9.10. The molecule has 0 amide bonds. The second-order valence-corrected chi connectivity index (χ2v) is 5.55. The maximum absolute atomic E-state index is 3.56. The van der Waals surface area contributed by atoms with Gasteiger partial charge in [-0.2, -0.15) is 0 Å². The number of hydrogen-bond donors (Lipinski definition) is 1. The van der Waals surface area contributed by atoms with Crippen LogP contribution in [0, 0.1) is 0 Å². The van der Waals surface area contributed by atoms with Crippen LogP contribution >= 0.6 is 15.9 Å². The molecule has 0 aliphatic rings. The van der Waals surface area contributed by atoms with E-state index in [-0.39, 0.29) is 6.04 Å². The van der Waals surface area contributed by atoms with E-state index in [1.54, 1.807) is 0 Å². The summed E-state index contributed by atoms with van der Waals surface area (Å²) in [6, 6.07) is 17.7. The lowest BCUT2D eigenvalue weighted by Gasteiger charge is -2.19. The monoisotopic (exact) mass is 317 g/mol. The normalized spacial score (nSPS) is 12.4. The van der Waals surface area contributed by atoms with Crippen LogP contribution in [0.5, 0.6) is 0 Å². The predicted octanol–water partition coefficient (Wildman–Crippen LogP) is 4.71. The highest BCUT2D eigenvalue weighted by Gasteiger charge is 2.12. The molecule has 2 rings (SSSR count). The maximum Gasteiger partial charge on any atom is 0.0576 e. The number of rotatable bonds is 5. The topological polar surface area (TPSA) is 12.0 Å². The van der Waals surface area contributed by atoms with Crippen molar-refractivity contribution in [3.8, 4) is 0 Å². The molecule has 0 spiro atoms. The minimum absolute atomic E-state index is 0.268. The van der Waals surface area contributed by atoms with Gasteiger partial charge in [0.25, 0.3) is 0 Å². The van der Waals surface area contributed by atoms with Gasteiger partial charge in [-0.25, -0.2) is 0 Å². The van der Waals surface area contributed by atoms with Crippen LogP contribution in [0.3, 0.4) is 0 Å². The Kier molecular flexibility index (Phi) is 5.17. The van der Waals surface area contributed by atoms with Crippen molar-refractivity contribution in [2.45, 2.75) is 26.3 Å². The van der Waals surface area contributed by atoms with Crippen LogP contribution in [0.1, 0.15) is 36.6 Å². The van der Waals surface area contributed by atoms with Crippen LogP contribution in [0.2, 0.25) is 0 Å². The number of aryl methyl sites for hydroxylation is 1. The highest BCUT2D eigenvalue weighted by atomic mass is 79.9. The highest BCUT2D eigenvalue weighted by Crippen LogP contribution is 2.24. The van der Waals surface area contributed by atoms with E-state index in [1.807, 2.05) is 0 Å². The molecule has 0 bridgehead atoms. The fraction of sp³-hybridized carbons (Fsp3) is 0.294. The predicted molar refractivity (Wildman–Crippen MR) is 85.5 cm³/mol. The molecule has 2 heteroatoms. The SMILES string of the molecule is CCNC(c1ccc(Br)cc1)c1ccc(CC)cc1. The van der Waals surface area contributed by atoms with Crippen molar-refractivity contribution in [3.63, 3.8) is 0 Å². The lowest BCUT2D eigenvalue weighted by molar-refractivity contribution is 0.630. The molecule has 0 aliphatic carbocycles. The molecular weight excluding hydrogens is 298 g/mol. The summed E-state index contributed by atoms with van der Waals surface area (Å²) in [5.74, 6) is 0. The second-order valence-electron chi connectivity index (χ2n) is 4.64. The molecule has 0 radical (unpaired) electrons. The van der Waals surface area contributed by atoms with Crippen LogP contribution < -0.4 is 5.32 Å². The number of hydrogen-bond acceptors (Lipinski definition) is 1. The Morgan fingerprint density at radius 3 is 1.89 bits per heavy atom. The van der Waals surface area contributed by atoms with E-state index in [0.29, 0.717) is 0 Å². The standard InChI is InChI=1S/C17H20BrN/c1-3-13-5-7-14(8-6-13)17(19-4-2)15-9-11-16(18)12-10-15/h5-12,17,19H,3-4H2,1-2H3. The Bertz CT molecular complexity index is 502. The van der Waals surface area contributed by atoms with Gasteiger partial charge >= 0.3 is 0 Å². The second kappa shape index (κ2) is 6.88. The minimum atomic E-state index is 0.268. The Hall–Kier alpha value is -1.12. The number of nitrogens with one attached hydrogen (secondary N) is 1. The van der Waals surface area contributed by atoms with E-state index in [0.717, 1.165) is 17.4 Å². The van der Waals surface area contributed by atoms with Crippen molar-refractivity contribution in [1.29, 1.82) is 0 Å². The molecular formula is C17H20BrN. The molecule has 100 valence electrons. The molecule has 1 nitrogen and oxygen atoms in total. The van der Waals surface area contributed by atoms with Crippen molar-refractivity contribution in [2.75, 3.05) is 6.54 Å². The maximum atomic E-state index is 3.56. The summed E-state index contributed by atoms with van der Waals surface area (Å²) in [7, 11) is 0. The third-order valence-electron chi connectivity index (χ3n) is 3.33. The van der Waals surface area contributed by atoms with E-state index in [2.05, 4.69) is 83.6 Å².